The standard InChI is InChI=1S/C26H29N5O3/c1-33-25-17-21-20(18-27-25)5-4-6-22(21)31-14-12-30(13-15-31)11-2-3-16-34-24-10-8-19-7-9-23(32)28-26(19)29-24/h4-10,17-18H,2-3,11-16H2,1H3,(H,28,29,32). The maximum Gasteiger partial charge on any atom is 0.249 e. The van der Waals surface area contributed by atoms with Crippen molar-refractivity contribution in [1.29, 1.82) is 0 Å². The minimum atomic E-state index is -0.158. The van der Waals surface area contributed by atoms with Gasteiger partial charge in [-0.15, -0.1) is 0 Å². The summed E-state index contributed by atoms with van der Waals surface area (Å²) in [7, 11) is 1.65. The van der Waals surface area contributed by atoms with Gasteiger partial charge in [-0.1, -0.05) is 12.1 Å². The monoisotopic (exact) mass is 459 g/mol. The Balaban J connectivity index is 1.08. The number of rotatable bonds is 8. The number of piperazine rings is 1. The van der Waals surface area contributed by atoms with E-state index in [0.29, 0.717) is 24.0 Å². The average molecular weight is 460 g/mol. The Morgan fingerprint density at radius 2 is 1.82 bits per heavy atom. The van der Waals surface area contributed by atoms with Gasteiger partial charge in [0.15, 0.2) is 0 Å². The van der Waals surface area contributed by atoms with Gasteiger partial charge < -0.3 is 19.4 Å². The maximum absolute atomic E-state index is 11.5. The number of ether oxygens (including phenoxy) is 2. The van der Waals surface area contributed by atoms with Crippen LogP contribution in [0, 0.1) is 0 Å². The average Bonchev–Trinajstić information content (AvgIpc) is 2.88. The third kappa shape index (κ3) is 4.97. The molecule has 8 heteroatoms. The molecule has 1 aliphatic rings. The van der Waals surface area contributed by atoms with Crippen molar-refractivity contribution >= 4 is 27.5 Å². The van der Waals surface area contributed by atoms with Crippen molar-refractivity contribution in [3.63, 3.8) is 0 Å². The number of nitrogens with one attached hydrogen (secondary N) is 1. The Morgan fingerprint density at radius 1 is 0.971 bits per heavy atom. The van der Waals surface area contributed by atoms with Crippen LogP contribution in [0.3, 0.4) is 0 Å². The molecule has 0 radical (unpaired) electrons. The van der Waals surface area contributed by atoms with Crippen molar-refractivity contribution in [2.75, 3.05) is 51.3 Å². The Morgan fingerprint density at radius 3 is 2.68 bits per heavy atom. The lowest BCUT2D eigenvalue weighted by atomic mass is 10.1. The van der Waals surface area contributed by atoms with Gasteiger partial charge in [0.25, 0.3) is 0 Å². The lowest BCUT2D eigenvalue weighted by Gasteiger charge is -2.36. The van der Waals surface area contributed by atoms with E-state index in [-0.39, 0.29) is 5.56 Å². The molecular formula is C26H29N5O3. The minimum Gasteiger partial charge on any atom is -0.481 e. The van der Waals surface area contributed by atoms with Crippen LogP contribution in [0.4, 0.5) is 5.69 Å². The summed E-state index contributed by atoms with van der Waals surface area (Å²) in [6.07, 6.45) is 3.91. The molecule has 0 amide bonds. The first-order valence-corrected chi connectivity index (χ1v) is 11.7. The molecule has 1 saturated heterocycles. The van der Waals surface area contributed by atoms with Gasteiger partial charge >= 0.3 is 0 Å². The Labute approximate surface area is 198 Å². The molecule has 34 heavy (non-hydrogen) atoms. The van der Waals surface area contributed by atoms with E-state index in [1.807, 2.05) is 24.4 Å². The number of pyridine rings is 3. The van der Waals surface area contributed by atoms with Gasteiger partial charge in [-0.3, -0.25) is 9.69 Å². The zero-order valence-corrected chi connectivity index (χ0v) is 19.4. The van der Waals surface area contributed by atoms with Crippen molar-refractivity contribution in [2.45, 2.75) is 12.8 Å². The number of anilines is 1. The Bertz CT molecular complexity index is 1330. The first-order valence-electron chi connectivity index (χ1n) is 11.7. The zero-order chi connectivity index (χ0) is 23.3. The minimum absolute atomic E-state index is 0.158. The number of aromatic nitrogens is 3. The summed E-state index contributed by atoms with van der Waals surface area (Å²) in [5.41, 5.74) is 1.65. The number of benzene rings is 1. The lowest BCUT2D eigenvalue weighted by Crippen LogP contribution is -2.46. The fourth-order valence-electron chi connectivity index (χ4n) is 4.44. The smallest absolute Gasteiger partial charge is 0.249 e. The molecule has 1 aliphatic heterocycles. The summed E-state index contributed by atoms with van der Waals surface area (Å²) in [5, 5.41) is 3.21. The van der Waals surface area contributed by atoms with E-state index in [9.17, 15) is 4.79 Å². The van der Waals surface area contributed by atoms with E-state index in [4.69, 9.17) is 9.47 Å². The molecule has 5 rings (SSSR count). The van der Waals surface area contributed by atoms with Crippen molar-refractivity contribution in [1.82, 2.24) is 19.9 Å². The van der Waals surface area contributed by atoms with E-state index in [1.54, 1.807) is 13.2 Å². The second-order valence-corrected chi connectivity index (χ2v) is 8.52. The zero-order valence-electron chi connectivity index (χ0n) is 19.4. The number of H-pyrrole nitrogens is 1. The molecule has 4 heterocycles. The molecule has 1 fully saturated rings. The molecule has 3 aromatic heterocycles. The highest BCUT2D eigenvalue weighted by Crippen LogP contribution is 2.29. The normalized spacial score (nSPS) is 14.6. The second-order valence-electron chi connectivity index (χ2n) is 8.52. The van der Waals surface area contributed by atoms with Crippen molar-refractivity contribution in [3.05, 3.63) is 65.1 Å². The topological polar surface area (TPSA) is 83.6 Å². The van der Waals surface area contributed by atoms with E-state index < -0.39 is 0 Å². The molecular weight excluding hydrogens is 430 g/mol. The molecule has 0 aliphatic carbocycles. The summed E-state index contributed by atoms with van der Waals surface area (Å²) >= 11 is 0. The van der Waals surface area contributed by atoms with E-state index >= 15 is 0 Å². The van der Waals surface area contributed by atoms with Crippen LogP contribution in [0.5, 0.6) is 11.8 Å². The fourth-order valence-corrected chi connectivity index (χ4v) is 4.44. The van der Waals surface area contributed by atoms with Crippen LogP contribution < -0.4 is 19.9 Å². The molecule has 0 bridgehead atoms. The van der Waals surface area contributed by atoms with Crippen LogP contribution in [0.1, 0.15) is 12.8 Å². The molecule has 176 valence electrons. The van der Waals surface area contributed by atoms with Gasteiger partial charge in [0.05, 0.1) is 13.7 Å². The van der Waals surface area contributed by atoms with Crippen molar-refractivity contribution < 1.29 is 9.47 Å². The van der Waals surface area contributed by atoms with Gasteiger partial charge in [0.2, 0.25) is 17.3 Å². The molecule has 0 unspecified atom stereocenters. The number of hydrogen-bond acceptors (Lipinski definition) is 7. The highest BCUT2D eigenvalue weighted by Gasteiger charge is 2.18. The van der Waals surface area contributed by atoms with Crippen LogP contribution in [0.2, 0.25) is 0 Å². The van der Waals surface area contributed by atoms with Gasteiger partial charge in [-0.05, 0) is 37.6 Å². The lowest BCUT2D eigenvalue weighted by molar-refractivity contribution is 0.237. The first-order chi connectivity index (χ1) is 16.7. The van der Waals surface area contributed by atoms with Gasteiger partial charge in [0, 0.05) is 72.4 Å². The van der Waals surface area contributed by atoms with Crippen LogP contribution in [0.25, 0.3) is 21.8 Å². The molecule has 0 saturated carbocycles. The van der Waals surface area contributed by atoms with Gasteiger partial charge in [0.1, 0.15) is 5.65 Å². The number of nitrogens with zero attached hydrogens (tertiary/aromatic N) is 4. The first kappa shape index (κ1) is 22.2. The number of fused-ring (bicyclic) bond motifs is 2. The van der Waals surface area contributed by atoms with Crippen LogP contribution in [-0.4, -0.2) is 66.3 Å². The third-order valence-electron chi connectivity index (χ3n) is 6.31. The molecule has 0 atom stereocenters. The Kier molecular flexibility index (Phi) is 6.58. The SMILES string of the molecule is COc1cc2c(N3CCN(CCCCOc4ccc5ccc(=O)[nH]c5n4)CC3)cccc2cn1. The van der Waals surface area contributed by atoms with Gasteiger partial charge in [-0.25, -0.2) is 4.98 Å². The number of aromatic amines is 1. The van der Waals surface area contributed by atoms with Crippen LogP contribution in [0.15, 0.2) is 59.5 Å². The largest absolute Gasteiger partial charge is 0.481 e. The van der Waals surface area contributed by atoms with E-state index in [0.717, 1.165) is 56.3 Å². The highest BCUT2D eigenvalue weighted by molar-refractivity contribution is 5.94. The number of hydrogen-bond donors (Lipinski definition) is 1. The summed E-state index contributed by atoms with van der Waals surface area (Å²) in [6, 6.07) is 15.4. The predicted molar refractivity (Wildman–Crippen MR) is 134 cm³/mol. The quantitative estimate of drug-likeness (QED) is 0.404. The molecule has 0 spiro atoms. The van der Waals surface area contributed by atoms with Gasteiger partial charge in [-0.2, -0.15) is 4.98 Å². The highest BCUT2D eigenvalue weighted by atomic mass is 16.5. The van der Waals surface area contributed by atoms with Crippen molar-refractivity contribution in [3.8, 4) is 11.8 Å². The molecule has 1 N–H and O–H groups in total. The summed E-state index contributed by atoms with van der Waals surface area (Å²) in [5.74, 6) is 1.19. The third-order valence-corrected chi connectivity index (χ3v) is 6.31. The summed E-state index contributed by atoms with van der Waals surface area (Å²) in [4.78, 5) is 27.9. The molecule has 8 nitrogen and oxygen atoms in total. The predicted octanol–water partition coefficient (Wildman–Crippen LogP) is 3.46. The molecule has 4 aromatic rings. The van der Waals surface area contributed by atoms with Crippen LogP contribution in [-0.2, 0) is 0 Å². The summed E-state index contributed by atoms with van der Waals surface area (Å²) in [6.45, 7) is 5.75. The van der Waals surface area contributed by atoms with Crippen molar-refractivity contribution in [2.24, 2.45) is 0 Å². The summed E-state index contributed by atoms with van der Waals surface area (Å²) < 4.78 is 11.1. The second kappa shape index (κ2) is 10.1. The Hall–Kier alpha value is -3.65. The molecule has 1 aromatic carbocycles. The number of unbranched alkanes of at least 4 members (excludes halogenated alkanes) is 1. The van der Waals surface area contributed by atoms with E-state index in [1.165, 1.54) is 17.1 Å². The maximum atomic E-state index is 11.5. The number of methoxy groups -OCH3 is 1. The fraction of sp³-hybridized carbons (Fsp3) is 0.346. The van der Waals surface area contributed by atoms with E-state index in [2.05, 4.69) is 43.0 Å². The van der Waals surface area contributed by atoms with Crippen LogP contribution >= 0.6 is 0 Å².